The van der Waals surface area contributed by atoms with Gasteiger partial charge in [-0.15, -0.1) is 0 Å². The Morgan fingerprint density at radius 1 is 1.24 bits per heavy atom. The third-order valence-corrected chi connectivity index (χ3v) is 2.97. The molecule has 93 valence electrons. The first-order valence-corrected chi connectivity index (χ1v) is 5.89. The van der Waals surface area contributed by atoms with Crippen LogP contribution in [0.4, 0.5) is 0 Å². The first-order valence-electron chi connectivity index (χ1n) is 5.89. The lowest BCUT2D eigenvalue weighted by Crippen LogP contribution is -2.51. The lowest BCUT2D eigenvalue weighted by molar-refractivity contribution is -1.12. The van der Waals surface area contributed by atoms with Crippen molar-refractivity contribution in [3.8, 4) is 5.75 Å². The molecule has 2 rings (SSSR count). The fourth-order valence-corrected chi connectivity index (χ4v) is 1.99. The summed E-state index contributed by atoms with van der Waals surface area (Å²) in [5, 5.41) is 10.3. The number of benzene rings is 1. The molecule has 0 saturated carbocycles. The van der Waals surface area contributed by atoms with E-state index in [1.165, 1.54) is 0 Å². The summed E-state index contributed by atoms with van der Waals surface area (Å²) in [5.41, 5.74) is 1.10. The SMILES string of the molecule is [CH2]COc1ccc(C[N+]2(O)CCOCC2)cc1. The lowest BCUT2D eigenvalue weighted by atomic mass is 10.2. The molecule has 4 heteroatoms. The van der Waals surface area contributed by atoms with Gasteiger partial charge in [0.05, 0.1) is 19.8 Å². The van der Waals surface area contributed by atoms with Gasteiger partial charge < -0.3 is 9.47 Å². The van der Waals surface area contributed by atoms with Gasteiger partial charge in [-0.2, -0.15) is 4.65 Å². The highest BCUT2D eigenvalue weighted by atomic mass is 16.6. The van der Waals surface area contributed by atoms with Crippen molar-refractivity contribution in [2.45, 2.75) is 6.54 Å². The summed E-state index contributed by atoms with van der Waals surface area (Å²) in [5.74, 6) is 0.815. The van der Waals surface area contributed by atoms with Crippen molar-refractivity contribution < 1.29 is 19.3 Å². The van der Waals surface area contributed by atoms with Gasteiger partial charge >= 0.3 is 0 Å². The van der Waals surface area contributed by atoms with Crippen molar-refractivity contribution in [3.05, 3.63) is 36.8 Å². The number of nitrogens with zero attached hydrogens (tertiary/aromatic N) is 1. The quantitative estimate of drug-likeness (QED) is 0.809. The monoisotopic (exact) mass is 237 g/mol. The Balaban J connectivity index is 1.97. The van der Waals surface area contributed by atoms with Crippen LogP contribution in [0.5, 0.6) is 5.75 Å². The Bertz CT molecular complexity index is 344. The fraction of sp³-hybridized carbons (Fsp3) is 0.462. The predicted octanol–water partition coefficient (Wildman–Crippen LogP) is 1.64. The van der Waals surface area contributed by atoms with Crippen LogP contribution in [0.3, 0.4) is 0 Å². The zero-order valence-electron chi connectivity index (χ0n) is 9.97. The number of rotatable bonds is 4. The molecule has 1 aliphatic rings. The van der Waals surface area contributed by atoms with Crippen molar-refractivity contribution >= 4 is 0 Å². The second kappa shape index (κ2) is 5.49. The molecular formula is C13H19NO3+. The van der Waals surface area contributed by atoms with Gasteiger partial charge in [0.2, 0.25) is 0 Å². The lowest BCUT2D eigenvalue weighted by Gasteiger charge is -2.33. The number of ether oxygens (including phenoxy) is 2. The van der Waals surface area contributed by atoms with Gasteiger partial charge in [-0.25, -0.2) is 5.21 Å². The molecule has 0 amide bonds. The summed E-state index contributed by atoms with van der Waals surface area (Å²) < 4.78 is 10.6. The maximum Gasteiger partial charge on any atom is 0.134 e. The molecule has 1 heterocycles. The van der Waals surface area contributed by atoms with Gasteiger partial charge in [0.1, 0.15) is 25.4 Å². The normalized spacial score (nSPS) is 18.9. The average Bonchev–Trinajstić information content (AvgIpc) is 2.33. The summed E-state index contributed by atoms with van der Waals surface area (Å²) in [6, 6.07) is 7.79. The Labute approximate surface area is 102 Å². The fourth-order valence-electron chi connectivity index (χ4n) is 1.99. The highest BCUT2D eigenvalue weighted by Crippen LogP contribution is 2.17. The molecule has 1 aromatic rings. The van der Waals surface area contributed by atoms with Gasteiger partial charge in [0.15, 0.2) is 0 Å². The Morgan fingerprint density at radius 3 is 2.47 bits per heavy atom. The number of hydrogen-bond donors (Lipinski definition) is 1. The summed E-state index contributed by atoms with van der Waals surface area (Å²) in [6.07, 6.45) is 0. The zero-order chi connectivity index (χ0) is 12.1. The second-order valence-electron chi connectivity index (χ2n) is 4.31. The smallest absolute Gasteiger partial charge is 0.134 e. The molecule has 0 spiro atoms. The van der Waals surface area contributed by atoms with Crippen molar-refractivity contribution in [1.29, 1.82) is 0 Å². The van der Waals surface area contributed by atoms with Gasteiger partial charge in [-0.3, -0.25) is 0 Å². The van der Waals surface area contributed by atoms with Crippen LogP contribution in [0.1, 0.15) is 5.56 Å². The van der Waals surface area contributed by atoms with Gasteiger partial charge in [0.25, 0.3) is 0 Å². The molecule has 1 N–H and O–H groups in total. The summed E-state index contributed by atoms with van der Waals surface area (Å²) in [6.45, 7) is 7.22. The van der Waals surface area contributed by atoms with Gasteiger partial charge in [0, 0.05) is 5.56 Å². The van der Waals surface area contributed by atoms with Crippen molar-refractivity contribution in [2.24, 2.45) is 0 Å². The van der Waals surface area contributed by atoms with E-state index in [2.05, 4.69) is 6.92 Å². The maximum atomic E-state index is 10.3. The van der Waals surface area contributed by atoms with E-state index in [9.17, 15) is 5.21 Å². The van der Waals surface area contributed by atoms with Crippen LogP contribution >= 0.6 is 0 Å². The highest BCUT2D eigenvalue weighted by molar-refractivity contribution is 5.26. The molecular weight excluding hydrogens is 218 g/mol. The molecule has 1 saturated heterocycles. The Kier molecular flexibility index (Phi) is 3.99. The van der Waals surface area contributed by atoms with Gasteiger partial charge in [-0.05, 0) is 31.2 Å². The van der Waals surface area contributed by atoms with Crippen LogP contribution in [0.2, 0.25) is 0 Å². The van der Waals surface area contributed by atoms with E-state index < -0.39 is 0 Å². The van der Waals surface area contributed by atoms with E-state index in [1.54, 1.807) is 0 Å². The molecule has 1 fully saturated rings. The molecule has 0 atom stereocenters. The average molecular weight is 237 g/mol. The molecule has 1 aliphatic heterocycles. The largest absolute Gasteiger partial charge is 0.494 e. The van der Waals surface area contributed by atoms with E-state index in [0.29, 0.717) is 39.5 Å². The first kappa shape index (κ1) is 12.4. The molecule has 17 heavy (non-hydrogen) atoms. The molecule has 4 nitrogen and oxygen atoms in total. The first-order chi connectivity index (χ1) is 8.22. The minimum Gasteiger partial charge on any atom is -0.494 e. The van der Waals surface area contributed by atoms with Crippen molar-refractivity contribution in [1.82, 2.24) is 0 Å². The number of hydrogen-bond acceptors (Lipinski definition) is 3. The minimum atomic E-state index is 0.0650. The van der Waals surface area contributed by atoms with Crippen LogP contribution in [-0.4, -0.2) is 42.8 Å². The molecule has 0 aromatic heterocycles. The molecule has 0 bridgehead atoms. The van der Waals surface area contributed by atoms with E-state index in [0.717, 1.165) is 11.3 Å². The van der Waals surface area contributed by atoms with Gasteiger partial charge in [-0.1, -0.05) is 0 Å². The van der Waals surface area contributed by atoms with E-state index >= 15 is 0 Å². The third-order valence-electron chi connectivity index (χ3n) is 2.97. The van der Waals surface area contributed by atoms with Crippen LogP contribution < -0.4 is 4.74 Å². The van der Waals surface area contributed by atoms with E-state index in [4.69, 9.17) is 9.47 Å². The Hall–Kier alpha value is -1.10. The minimum absolute atomic E-state index is 0.0650. The highest BCUT2D eigenvalue weighted by Gasteiger charge is 2.29. The Morgan fingerprint density at radius 2 is 1.88 bits per heavy atom. The molecule has 0 aliphatic carbocycles. The number of morpholine rings is 1. The van der Waals surface area contributed by atoms with Crippen molar-refractivity contribution in [2.75, 3.05) is 32.9 Å². The zero-order valence-corrected chi connectivity index (χ0v) is 9.97. The maximum absolute atomic E-state index is 10.3. The molecule has 1 aromatic carbocycles. The van der Waals surface area contributed by atoms with Crippen LogP contribution in [0.15, 0.2) is 24.3 Å². The third kappa shape index (κ3) is 3.43. The van der Waals surface area contributed by atoms with Crippen molar-refractivity contribution in [3.63, 3.8) is 0 Å². The van der Waals surface area contributed by atoms with Crippen LogP contribution in [-0.2, 0) is 11.3 Å². The van der Waals surface area contributed by atoms with E-state index in [-0.39, 0.29) is 4.65 Å². The summed E-state index contributed by atoms with van der Waals surface area (Å²) in [7, 11) is 0. The van der Waals surface area contributed by atoms with Crippen LogP contribution in [0, 0.1) is 6.92 Å². The number of hydroxylamine groups is 3. The van der Waals surface area contributed by atoms with E-state index in [1.807, 2.05) is 24.3 Å². The predicted molar refractivity (Wildman–Crippen MR) is 63.6 cm³/mol. The molecule has 0 unspecified atom stereocenters. The summed E-state index contributed by atoms with van der Waals surface area (Å²) >= 11 is 0. The molecule has 1 radical (unpaired) electrons. The standard InChI is InChI=1S/C13H19NO3/c1-2-17-13-5-3-12(4-6-13)11-14(15)7-9-16-10-8-14/h3-6,15H,1-2,7-11H2/q+1. The summed E-state index contributed by atoms with van der Waals surface area (Å²) in [4.78, 5) is 0. The number of quaternary nitrogens is 1. The topological polar surface area (TPSA) is 38.7 Å². The van der Waals surface area contributed by atoms with Crippen LogP contribution in [0.25, 0.3) is 0 Å². The second-order valence-corrected chi connectivity index (χ2v) is 4.31.